The van der Waals surface area contributed by atoms with Gasteiger partial charge in [0.25, 0.3) is 0 Å². The molecule has 0 bridgehead atoms. The Morgan fingerprint density at radius 1 is 0.912 bits per heavy atom. The smallest absolute Gasteiger partial charge is 0.213 e. The molecular weight excluding hydrogens is 714 g/mol. The SMILES string of the molecule is C=C(/C=C\CC)CCC1c2ccccc2-c2cc(CC(C)C)c([Si](C)(C)C)c[n+]2C1CC(=C)N(C)c1ccccc1Nc1c(C)cc(-c2ccc(F)cc2)cc1C. The zero-order valence-corrected chi connectivity index (χ0v) is 36.8. The molecule has 5 heteroatoms. The normalized spacial score (nSPS) is 15.1. The summed E-state index contributed by atoms with van der Waals surface area (Å²) in [5.74, 6) is 0.645. The van der Waals surface area contributed by atoms with E-state index in [2.05, 4.69) is 168 Å². The molecule has 0 spiro atoms. The summed E-state index contributed by atoms with van der Waals surface area (Å²) in [6, 6.07) is 31.5. The maximum absolute atomic E-state index is 13.7. The molecule has 0 saturated carbocycles. The van der Waals surface area contributed by atoms with Crippen LogP contribution in [0.25, 0.3) is 22.4 Å². The summed E-state index contributed by atoms with van der Waals surface area (Å²) >= 11 is 0. The van der Waals surface area contributed by atoms with Gasteiger partial charge in [0.15, 0.2) is 12.2 Å². The molecule has 3 nitrogen and oxygen atoms in total. The summed E-state index contributed by atoms with van der Waals surface area (Å²) in [7, 11) is 0.468. The number of halogens is 1. The lowest BCUT2D eigenvalue weighted by Gasteiger charge is -2.34. The zero-order chi connectivity index (χ0) is 41.0. The van der Waals surface area contributed by atoms with Crippen LogP contribution in [0.4, 0.5) is 21.5 Å². The predicted octanol–water partition coefficient (Wildman–Crippen LogP) is 13.5. The minimum absolute atomic E-state index is 0.180. The Bertz CT molecular complexity index is 2250. The number of aromatic nitrogens is 1. The lowest BCUT2D eigenvalue weighted by molar-refractivity contribution is -0.717. The number of allylic oxidation sites excluding steroid dienone is 4. The first kappa shape index (κ1) is 41.6. The van der Waals surface area contributed by atoms with Gasteiger partial charge >= 0.3 is 0 Å². The highest BCUT2D eigenvalue weighted by Gasteiger charge is 2.42. The van der Waals surface area contributed by atoms with Gasteiger partial charge in [0.1, 0.15) is 5.82 Å². The molecule has 2 unspecified atom stereocenters. The first-order chi connectivity index (χ1) is 27.2. The van der Waals surface area contributed by atoms with Crippen LogP contribution in [-0.4, -0.2) is 15.1 Å². The van der Waals surface area contributed by atoms with Crippen LogP contribution in [-0.2, 0) is 6.42 Å². The fourth-order valence-corrected chi connectivity index (χ4v) is 10.3. The highest BCUT2D eigenvalue weighted by atomic mass is 28.3. The minimum atomic E-state index is -1.69. The number of benzene rings is 4. The number of aryl methyl sites for hydroxylation is 2. The van der Waals surface area contributed by atoms with Crippen LogP contribution < -0.4 is 20.0 Å². The summed E-state index contributed by atoms with van der Waals surface area (Å²) in [5.41, 5.74) is 15.4. The van der Waals surface area contributed by atoms with Crippen molar-refractivity contribution in [1.29, 1.82) is 0 Å². The highest BCUT2D eigenvalue weighted by Crippen LogP contribution is 2.45. The summed E-state index contributed by atoms with van der Waals surface area (Å²) in [4.78, 5) is 2.28. The van der Waals surface area contributed by atoms with Gasteiger partial charge in [-0.1, -0.05) is 114 Å². The maximum atomic E-state index is 13.7. The molecule has 1 aliphatic rings. The van der Waals surface area contributed by atoms with Gasteiger partial charge in [-0.25, -0.2) is 4.39 Å². The topological polar surface area (TPSA) is 19.1 Å². The van der Waals surface area contributed by atoms with Crippen LogP contribution in [0, 0.1) is 25.6 Å². The molecule has 296 valence electrons. The van der Waals surface area contributed by atoms with E-state index in [1.807, 2.05) is 12.1 Å². The minimum Gasteiger partial charge on any atom is -0.353 e. The van der Waals surface area contributed by atoms with Gasteiger partial charge in [0.2, 0.25) is 5.69 Å². The number of fused-ring (bicyclic) bond motifs is 3. The van der Waals surface area contributed by atoms with E-state index in [-0.39, 0.29) is 11.9 Å². The van der Waals surface area contributed by atoms with Gasteiger partial charge in [-0.3, -0.25) is 0 Å². The summed E-state index contributed by atoms with van der Waals surface area (Å²) in [6.45, 7) is 27.9. The average molecular weight is 777 g/mol. The number of nitrogens with zero attached hydrogens (tertiary/aromatic N) is 2. The first-order valence-electron chi connectivity index (χ1n) is 20.8. The monoisotopic (exact) mass is 776 g/mol. The van der Waals surface area contributed by atoms with Gasteiger partial charge in [-0.05, 0) is 121 Å². The average Bonchev–Trinajstić information content (AvgIpc) is 3.17. The molecule has 0 fully saturated rings. The zero-order valence-electron chi connectivity index (χ0n) is 35.8. The summed E-state index contributed by atoms with van der Waals surface area (Å²) in [6.07, 6.45) is 11.9. The molecule has 0 radical (unpaired) electrons. The predicted molar refractivity (Wildman–Crippen MR) is 246 cm³/mol. The molecule has 6 rings (SSSR count). The molecular formula is C52H63FN3Si+. The number of anilines is 3. The molecule has 0 amide bonds. The Hall–Kier alpha value is -5.00. The number of hydrogen-bond acceptors (Lipinski definition) is 2. The van der Waals surface area contributed by atoms with Crippen LogP contribution in [0.5, 0.6) is 0 Å². The number of para-hydroxylation sites is 2. The van der Waals surface area contributed by atoms with E-state index in [1.54, 1.807) is 5.19 Å². The van der Waals surface area contributed by atoms with Gasteiger partial charge in [0.05, 0.1) is 25.9 Å². The molecule has 1 N–H and O–H groups in total. The second-order valence-electron chi connectivity index (χ2n) is 17.6. The van der Waals surface area contributed by atoms with Gasteiger partial charge < -0.3 is 10.2 Å². The van der Waals surface area contributed by atoms with Crippen LogP contribution in [0.15, 0.2) is 134 Å². The van der Waals surface area contributed by atoms with Gasteiger partial charge in [0, 0.05) is 41.2 Å². The van der Waals surface area contributed by atoms with Crippen molar-refractivity contribution in [3.63, 3.8) is 0 Å². The molecule has 1 aliphatic heterocycles. The molecule has 1 aromatic heterocycles. The van der Waals surface area contributed by atoms with Gasteiger partial charge in [-0.15, -0.1) is 0 Å². The van der Waals surface area contributed by atoms with E-state index in [1.165, 1.54) is 40.1 Å². The van der Waals surface area contributed by atoms with E-state index in [4.69, 9.17) is 6.58 Å². The first-order valence-corrected chi connectivity index (χ1v) is 24.3. The van der Waals surface area contributed by atoms with Crippen LogP contribution in [0.3, 0.4) is 0 Å². The van der Waals surface area contributed by atoms with E-state index in [0.29, 0.717) is 11.8 Å². The summed E-state index contributed by atoms with van der Waals surface area (Å²) in [5, 5.41) is 5.37. The van der Waals surface area contributed by atoms with Crippen molar-refractivity contribution in [2.45, 2.75) is 98.3 Å². The van der Waals surface area contributed by atoms with E-state index in [0.717, 1.165) is 77.1 Å². The number of rotatable bonds is 15. The lowest BCUT2D eigenvalue weighted by Crippen LogP contribution is -2.54. The fraction of sp³-hybridized carbons (Fsp3) is 0.327. The largest absolute Gasteiger partial charge is 0.353 e. The number of hydrogen-bond donors (Lipinski definition) is 1. The summed E-state index contributed by atoms with van der Waals surface area (Å²) < 4.78 is 16.3. The Morgan fingerprint density at radius 2 is 1.58 bits per heavy atom. The maximum Gasteiger partial charge on any atom is 0.213 e. The Kier molecular flexibility index (Phi) is 12.9. The quantitative estimate of drug-likeness (QED) is 0.0649. The second kappa shape index (κ2) is 17.6. The van der Waals surface area contributed by atoms with Crippen molar-refractivity contribution in [1.82, 2.24) is 0 Å². The molecule has 5 aromatic rings. The molecule has 2 atom stereocenters. The van der Waals surface area contributed by atoms with Crippen molar-refractivity contribution in [2.75, 3.05) is 17.3 Å². The van der Waals surface area contributed by atoms with Crippen LogP contribution >= 0.6 is 0 Å². The van der Waals surface area contributed by atoms with Crippen molar-refractivity contribution in [3.05, 3.63) is 162 Å². The molecule has 2 heterocycles. The second-order valence-corrected chi connectivity index (χ2v) is 22.6. The van der Waals surface area contributed by atoms with E-state index in [9.17, 15) is 4.39 Å². The van der Waals surface area contributed by atoms with E-state index < -0.39 is 8.07 Å². The molecule has 57 heavy (non-hydrogen) atoms. The number of nitrogens with one attached hydrogen (secondary N) is 1. The molecule has 4 aromatic carbocycles. The fourth-order valence-electron chi connectivity index (χ4n) is 8.66. The Balaban J connectivity index is 1.38. The Morgan fingerprint density at radius 3 is 2.25 bits per heavy atom. The van der Waals surface area contributed by atoms with Crippen LogP contribution in [0.1, 0.15) is 80.7 Å². The van der Waals surface area contributed by atoms with Crippen molar-refractivity contribution < 1.29 is 8.96 Å². The van der Waals surface area contributed by atoms with Crippen LogP contribution in [0.2, 0.25) is 19.6 Å². The number of pyridine rings is 1. The standard InChI is InChI=1S/C52H63FN3Si/c1-12-13-18-36(4)23-28-46-44-19-14-15-20-45(44)50-33-42(29-35(2)3)51(57(9,10)11)34-56(50)49(46)32-39(7)55(8)48-22-17-16-21-47(48)54-52-37(5)30-41(31-38(52)6)40-24-26-43(53)27-25-40/h13-22,24-27,30-31,33-35,46,49,54H,4,7,12,23,28-29,32H2,1-3,5-6,8-11H3/q+1/b18-13-. The highest BCUT2D eigenvalue weighted by molar-refractivity contribution is 6.89. The van der Waals surface area contributed by atoms with Crippen molar-refractivity contribution in [3.8, 4) is 22.4 Å². The van der Waals surface area contributed by atoms with Crippen molar-refractivity contribution in [2.24, 2.45) is 5.92 Å². The Labute approximate surface area is 343 Å². The third-order valence-corrected chi connectivity index (χ3v) is 13.7. The third-order valence-electron chi connectivity index (χ3n) is 11.6. The van der Waals surface area contributed by atoms with Gasteiger partial charge in [-0.2, -0.15) is 4.57 Å². The van der Waals surface area contributed by atoms with E-state index >= 15 is 0 Å². The molecule has 0 saturated heterocycles. The lowest BCUT2D eigenvalue weighted by atomic mass is 9.78. The van der Waals surface area contributed by atoms with Crippen molar-refractivity contribution >= 4 is 30.3 Å². The third kappa shape index (κ3) is 9.42. The molecule has 0 aliphatic carbocycles.